The summed E-state index contributed by atoms with van der Waals surface area (Å²) in [6, 6.07) is 4.29. The first kappa shape index (κ1) is 13.8. The predicted molar refractivity (Wildman–Crippen MR) is 77.3 cm³/mol. The molecule has 4 nitrogen and oxygen atoms in total. The highest BCUT2D eigenvalue weighted by Gasteiger charge is 2.20. The summed E-state index contributed by atoms with van der Waals surface area (Å²) < 4.78 is 0. The molecule has 1 saturated carbocycles. The van der Waals surface area contributed by atoms with Gasteiger partial charge in [0.25, 0.3) is 5.91 Å². The maximum atomic E-state index is 11.6. The molecule has 2 atom stereocenters. The number of amides is 1. The standard InChI is InChI=1S/C15H23N3O/c1-3-11-5-4-6-12(9-11)18-13-7-8-17-14(10-13)15(19)16-2/h7-8,10-12H,3-6,9H2,1-2H3,(H,16,19)(H,17,18). The molecule has 0 aliphatic heterocycles. The molecule has 2 rings (SSSR count). The molecule has 1 amide bonds. The van der Waals surface area contributed by atoms with Gasteiger partial charge in [-0.2, -0.15) is 0 Å². The minimum Gasteiger partial charge on any atom is -0.382 e. The molecule has 0 bridgehead atoms. The molecule has 19 heavy (non-hydrogen) atoms. The fraction of sp³-hybridized carbons (Fsp3) is 0.600. The van der Waals surface area contributed by atoms with Crippen LogP contribution in [0.4, 0.5) is 5.69 Å². The third kappa shape index (κ3) is 3.69. The molecule has 1 heterocycles. The largest absolute Gasteiger partial charge is 0.382 e. The number of carbonyl (C=O) groups excluding carboxylic acids is 1. The van der Waals surface area contributed by atoms with Gasteiger partial charge in [-0.05, 0) is 30.9 Å². The second kappa shape index (κ2) is 6.55. The quantitative estimate of drug-likeness (QED) is 0.876. The Morgan fingerprint density at radius 2 is 2.32 bits per heavy atom. The summed E-state index contributed by atoms with van der Waals surface area (Å²) >= 11 is 0. The molecular formula is C15H23N3O. The number of anilines is 1. The van der Waals surface area contributed by atoms with Crippen LogP contribution in [0.25, 0.3) is 0 Å². The molecule has 4 heteroatoms. The van der Waals surface area contributed by atoms with E-state index < -0.39 is 0 Å². The van der Waals surface area contributed by atoms with Crippen molar-refractivity contribution in [2.75, 3.05) is 12.4 Å². The van der Waals surface area contributed by atoms with Gasteiger partial charge >= 0.3 is 0 Å². The van der Waals surface area contributed by atoms with Crippen molar-refractivity contribution in [1.29, 1.82) is 0 Å². The molecule has 104 valence electrons. The zero-order valence-corrected chi connectivity index (χ0v) is 11.8. The van der Waals surface area contributed by atoms with E-state index >= 15 is 0 Å². The molecule has 2 N–H and O–H groups in total. The first-order valence-electron chi connectivity index (χ1n) is 7.17. The molecule has 2 unspecified atom stereocenters. The number of rotatable bonds is 4. The van der Waals surface area contributed by atoms with Crippen LogP contribution in [0.2, 0.25) is 0 Å². The summed E-state index contributed by atoms with van der Waals surface area (Å²) in [5, 5.41) is 6.14. The summed E-state index contributed by atoms with van der Waals surface area (Å²) in [5.74, 6) is 0.699. The fourth-order valence-corrected chi connectivity index (χ4v) is 2.80. The Labute approximate surface area is 115 Å². The van der Waals surface area contributed by atoms with E-state index in [1.54, 1.807) is 13.2 Å². The number of hydrogen-bond acceptors (Lipinski definition) is 3. The second-order valence-corrected chi connectivity index (χ2v) is 5.29. The van der Waals surface area contributed by atoms with Crippen molar-refractivity contribution in [3.63, 3.8) is 0 Å². The van der Waals surface area contributed by atoms with Crippen LogP contribution >= 0.6 is 0 Å². The Morgan fingerprint density at radius 3 is 3.05 bits per heavy atom. The second-order valence-electron chi connectivity index (χ2n) is 5.29. The number of aromatic nitrogens is 1. The molecule has 1 aliphatic rings. The zero-order valence-electron chi connectivity index (χ0n) is 11.8. The van der Waals surface area contributed by atoms with Gasteiger partial charge in [-0.3, -0.25) is 9.78 Å². The topological polar surface area (TPSA) is 54.0 Å². The monoisotopic (exact) mass is 261 g/mol. The molecule has 0 aromatic carbocycles. The van der Waals surface area contributed by atoms with Crippen LogP contribution in [0.1, 0.15) is 49.5 Å². The van der Waals surface area contributed by atoms with Gasteiger partial charge in [-0.15, -0.1) is 0 Å². The third-order valence-corrected chi connectivity index (χ3v) is 3.95. The molecule has 0 spiro atoms. The number of pyridine rings is 1. The Kier molecular flexibility index (Phi) is 4.77. The predicted octanol–water partition coefficient (Wildman–Crippen LogP) is 2.82. The highest BCUT2D eigenvalue weighted by atomic mass is 16.1. The van der Waals surface area contributed by atoms with Crippen molar-refractivity contribution in [1.82, 2.24) is 10.3 Å². The lowest BCUT2D eigenvalue weighted by Gasteiger charge is -2.29. The number of nitrogens with one attached hydrogen (secondary N) is 2. The summed E-state index contributed by atoms with van der Waals surface area (Å²) in [6.45, 7) is 2.27. The normalized spacial score (nSPS) is 22.8. The van der Waals surface area contributed by atoms with Crippen LogP contribution in [0.15, 0.2) is 18.3 Å². The minimum atomic E-state index is -0.140. The lowest BCUT2D eigenvalue weighted by Crippen LogP contribution is -2.27. The van der Waals surface area contributed by atoms with Crippen LogP contribution in [0.3, 0.4) is 0 Å². The van der Waals surface area contributed by atoms with Gasteiger partial charge in [-0.25, -0.2) is 0 Å². The molecule has 0 radical (unpaired) electrons. The summed E-state index contributed by atoms with van der Waals surface area (Å²) in [7, 11) is 1.62. The number of nitrogens with zero attached hydrogens (tertiary/aromatic N) is 1. The molecule has 1 fully saturated rings. The van der Waals surface area contributed by atoms with Gasteiger partial charge in [0.15, 0.2) is 0 Å². The van der Waals surface area contributed by atoms with Crippen LogP contribution < -0.4 is 10.6 Å². The number of hydrogen-bond donors (Lipinski definition) is 2. The van der Waals surface area contributed by atoms with Gasteiger partial charge in [-0.1, -0.05) is 26.2 Å². The van der Waals surface area contributed by atoms with E-state index in [-0.39, 0.29) is 5.91 Å². The third-order valence-electron chi connectivity index (χ3n) is 3.95. The van der Waals surface area contributed by atoms with E-state index in [9.17, 15) is 4.79 Å². The Balaban J connectivity index is 2.00. The SMILES string of the molecule is CCC1CCCC(Nc2ccnc(C(=O)NC)c2)C1. The van der Waals surface area contributed by atoms with Gasteiger partial charge in [0.05, 0.1) is 0 Å². The fourth-order valence-electron chi connectivity index (χ4n) is 2.80. The maximum Gasteiger partial charge on any atom is 0.269 e. The molecule has 1 aromatic rings. The lowest BCUT2D eigenvalue weighted by molar-refractivity contribution is 0.0958. The first-order chi connectivity index (χ1) is 9.22. The van der Waals surface area contributed by atoms with E-state index in [4.69, 9.17) is 0 Å². The van der Waals surface area contributed by atoms with Gasteiger partial charge in [0, 0.05) is 25.0 Å². The summed E-state index contributed by atoms with van der Waals surface area (Å²) in [4.78, 5) is 15.6. The van der Waals surface area contributed by atoms with Crippen LogP contribution in [0, 0.1) is 5.92 Å². The minimum absolute atomic E-state index is 0.140. The van der Waals surface area contributed by atoms with E-state index in [2.05, 4.69) is 22.5 Å². The number of carbonyl (C=O) groups is 1. The highest BCUT2D eigenvalue weighted by molar-refractivity contribution is 5.92. The van der Waals surface area contributed by atoms with Crippen molar-refractivity contribution < 1.29 is 4.79 Å². The average molecular weight is 261 g/mol. The van der Waals surface area contributed by atoms with Crippen LogP contribution in [0.5, 0.6) is 0 Å². The molecule has 1 aromatic heterocycles. The maximum absolute atomic E-state index is 11.6. The first-order valence-corrected chi connectivity index (χ1v) is 7.17. The highest BCUT2D eigenvalue weighted by Crippen LogP contribution is 2.28. The molecule has 0 saturated heterocycles. The van der Waals surface area contributed by atoms with Crippen molar-refractivity contribution in [3.05, 3.63) is 24.0 Å². The smallest absolute Gasteiger partial charge is 0.269 e. The van der Waals surface area contributed by atoms with Crippen molar-refractivity contribution in [3.8, 4) is 0 Å². The average Bonchev–Trinajstić information content (AvgIpc) is 2.47. The van der Waals surface area contributed by atoms with Gasteiger partial charge < -0.3 is 10.6 Å². The van der Waals surface area contributed by atoms with E-state index in [1.807, 2.05) is 12.1 Å². The molecule has 1 aliphatic carbocycles. The van der Waals surface area contributed by atoms with Crippen molar-refractivity contribution >= 4 is 11.6 Å². The van der Waals surface area contributed by atoms with Crippen LogP contribution in [-0.2, 0) is 0 Å². The molecular weight excluding hydrogens is 238 g/mol. The summed E-state index contributed by atoms with van der Waals surface area (Å²) in [5.41, 5.74) is 1.46. The van der Waals surface area contributed by atoms with Crippen molar-refractivity contribution in [2.24, 2.45) is 5.92 Å². The Bertz CT molecular complexity index is 433. The van der Waals surface area contributed by atoms with E-state index in [0.29, 0.717) is 11.7 Å². The lowest BCUT2D eigenvalue weighted by atomic mass is 9.84. The Morgan fingerprint density at radius 1 is 1.47 bits per heavy atom. The van der Waals surface area contributed by atoms with E-state index in [1.165, 1.54) is 32.1 Å². The Hall–Kier alpha value is -1.58. The zero-order chi connectivity index (χ0) is 13.7. The van der Waals surface area contributed by atoms with Crippen molar-refractivity contribution in [2.45, 2.75) is 45.1 Å². The van der Waals surface area contributed by atoms with Gasteiger partial charge in [0.1, 0.15) is 5.69 Å². The van der Waals surface area contributed by atoms with E-state index in [0.717, 1.165) is 11.6 Å². The van der Waals surface area contributed by atoms with Gasteiger partial charge in [0.2, 0.25) is 0 Å². The summed E-state index contributed by atoms with van der Waals surface area (Å²) in [6.07, 6.45) is 8.05. The van der Waals surface area contributed by atoms with Crippen LogP contribution in [-0.4, -0.2) is 24.0 Å².